The van der Waals surface area contributed by atoms with Crippen LogP contribution in [0, 0.1) is 11.3 Å². The summed E-state index contributed by atoms with van der Waals surface area (Å²) in [5.41, 5.74) is 1.62. The molecule has 0 spiro atoms. The Kier molecular flexibility index (Phi) is 11.7. The van der Waals surface area contributed by atoms with E-state index in [1.54, 1.807) is 5.57 Å². The van der Waals surface area contributed by atoms with Gasteiger partial charge in [-0.05, 0) is 38.5 Å². The summed E-state index contributed by atoms with van der Waals surface area (Å²) in [6.45, 7) is 4.51. The van der Waals surface area contributed by atoms with Crippen LogP contribution in [-0.4, -0.2) is 0 Å². The first-order valence-electron chi connectivity index (χ1n) is 6.90. The van der Waals surface area contributed by atoms with Gasteiger partial charge in [0.25, 0.3) is 0 Å². The van der Waals surface area contributed by atoms with Crippen LogP contribution in [-0.2, 0) is 0 Å². The molecule has 0 aromatic rings. The lowest BCUT2D eigenvalue weighted by atomic mass is 10.0. The van der Waals surface area contributed by atoms with E-state index in [4.69, 9.17) is 5.26 Å². The summed E-state index contributed by atoms with van der Waals surface area (Å²) in [4.78, 5) is 0. The first kappa shape index (κ1) is 15.2. The quantitative estimate of drug-likeness (QED) is 0.359. The molecule has 0 aromatic heterocycles. The Morgan fingerprint density at radius 3 is 2.50 bits per heavy atom. The van der Waals surface area contributed by atoms with Gasteiger partial charge in [0.15, 0.2) is 0 Å². The average molecular weight is 221 g/mol. The van der Waals surface area contributed by atoms with E-state index >= 15 is 0 Å². The molecule has 0 heterocycles. The van der Waals surface area contributed by atoms with Gasteiger partial charge in [0.1, 0.15) is 0 Å². The third kappa shape index (κ3) is 9.77. The Morgan fingerprint density at radius 2 is 1.88 bits per heavy atom. The van der Waals surface area contributed by atoms with Crippen LogP contribution in [0.1, 0.15) is 78.1 Å². The van der Waals surface area contributed by atoms with Crippen molar-refractivity contribution in [3.63, 3.8) is 0 Å². The number of unbranched alkanes of at least 4 members (excludes halogenated alkanes) is 6. The van der Waals surface area contributed by atoms with Gasteiger partial charge in [-0.3, -0.25) is 0 Å². The molecule has 0 aliphatic heterocycles. The minimum absolute atomic E-state index is 0.714. The molecule has 0 aromatic carbocycles. The SMILES string of the molecule is CCCCCC/C(=C\CCCCC#N)CC. The van der Waals surface area contributed by atoms with E-state index in [0.717, 1.165) is 6.42 Å². The molecule has 0 saturated carbocycles. The van der Waals surface area contributed by atoms with E-state index < -0.39 is 0 Å². The number of hydrogen-bond donors (Lipinski definition) is 0. The largest absolute Gasteiger partial charge is 0.198 e. The van der Waals surface area contributed by atoms with Crippen LogP contribution in [0.15, 0.2) is 11.6 Å². The molecule has 0 fully saturated rings. The van der Waals surface area contributed by atoms with Gasteiger partial charge in [-0.25, -0.2) is 0 Å². The summed E-state index contributed by atoms with van der Waals surface area (Å²) in [7, 11) is 0. The molecule has 0 atom stereocenters. The second kappa shape index (κ2) is 12.3. The fourth-order valence-corrected chi connectivity index (χ4v) is 1.86. The number of hydrogen-bond acceptors (Lipinski definition) is 1. The van der Waals surface area contributed by atoms with Crippen LogP contribution >= 0.6 is 0 Å². The lowest BCUT2D eigenvalue weighted by Gasteiger charge is -2.04. The van der Waals surface area contributed by atoms with Crippen molar-refractivity contribution in [2.24, 2.45) is 0 Å². The Morgan fingerprint density at radius 1 is 1.06 bits per heavy atom. The van der Waals surface area contributed by atoms with Crippen molar-refractivity contribution in [1.82, 2.24) is 0 Å². The summed E-state index contributed by atoms with van der Waals surface area (Å²) >= 11 is 0. The summed E-state index contributed by atoms with van der Waals surface area (Å²) in [6, 6.07) is 2.20. The maximum absolute atomic E-state index is 8.42. The standard InChI is InChI=1S/C15H27N/c1-3-5-6-9-12-15(4-2)13-10-7-8-11-14-16/h13H,3-12H2,1-2H3/b15-13-. The van der Waals surface area contributed by atoms with Crippen LogP contribution < -0.4 is 0 Å². The van der Waals surface area contributed by atoms with Crippen LogP contribution in [0.4, 0.5) is 0 Å². The average Bonchev–Trinajstić information content (AvgIpc) is 2.31. The highest BCUT2D eigenvalue weighted by Crippen LogP contribution is 2.15. The predicted octanol–water partition coefficient (Wildman–Crippen LogP) is 5.38. The molecule has 16 heavy (non-hydrogen) atoms. The Bertz CT molecular complexity index is 210. The van der Waals surface area contributed by atoms with E-state index in [0.29, 0.717) is 6.42 Å². The summed E-state index contributed by atoms with van der Waals surface area (Å²) in [5.74, 6) is 0. The van der Waals surface area contributed by atoms with E-state index in [-0.39, 0.29) is 0 Å². The van der Waals surface area contributed by atoms with Crippen molar-refractivity contribution in [1.29, 1.82) is 5.26 Å². The molecule has 0 aliphatic rings. The van der Waals surface area contributed by atoms with Crippen LogP contribution in [0.25, 0.3) is 0 Å². The third-order valence-electron chi connectivity index (χ3n) is 2.98. The minimum atomic E-state index is 0.714. The highest BCUT2D eigenvalue weighted by atomic mass is 14.2. The van der Waals surface area contributed by atoms with Crippen molar-refractivity contribution >= 4 is 0 Å². The molecule has 0 unspecified atom stereocenters. The Balaban J connectivity index is 3.55. The smallest absolute Gasteiger partial charge is 0.0621 e. The van der Waals surface area contributed by atoms with Gasteiger partial charge < -0.3 is 0 Å². The fraction of sp³-hybridized carbons (Fsp3) is 0.800. The van der Waals surface area contributed by atoms with Gasteiger partial charge in [0, 0.05) is 6.42 Å². The zero-order valence-corrected chi connectivity index (χ0v) is 11.1. The van der Waals surface area contributed by atoms with Gasteiger partial charge in [-0.2, -0.15) is 5.26 Å². The second-order valence-electron chi connectivity index (χ2n) is 4.43. The zero-order valence-electron chi connectivity index (χ0n) is 11.1. The highest BCUT2D eigenvalue weighted by molar-refractivity contribution is 5.00. The molecule has 0 aliphatic carbocycles. The molecule has 0 bridgehead atoms. The number of nitriles is 1. The van der Waals surface area contributed by atoms with Crippen LogP contribution in [0.2, 0.25) is 0 Å². The molecule has 92 valence electrons. The summed E-state index contributed by atoms with van der Waals surface area (Å²) in [6.07, 6.45) is 14.4. The topological polar surface area (TPSA) is 23.8 Å². The monoisotopic (exact) mass is 221 g/mol. The molecule has 0 rings (SSSR count). The maximum atomic E-state index is 8.42. The predicted molar refractivity (Wildman–Crippen MR) is 71.2 cm³/mol. The summed E-state index contributed by atoms with van der Waals surface area (Å²) in [5, 5.41) is 8.42. The van der Waals surface area contributed by atoms with Crippen LogP contribution in [0.3, 0.4) is 0 Å². The van der Waals surface area contributed by atoms with Crippen molar-refractivity contribution in [3.05, 3.63) is 11.6 Å². The fourth-order valence-electron chi connectivity index (χ4n) is 1.86. The lowest BCUT2D eigenvalue weighted by Crippen LogP contribution is -1.84. The number of allylic oxidation sites excluding steroid dienone is 2. The summed E-state index contributed by atoms with van der Waals surface area (Å²) < 4.78 is 0. The zero-order chi connectivity index (χ0) is 12.1. The van der Waals surface area contributed by atoms with Crippen LogP contribution in [0.5, 0.6) is 0 Å². The first-order valence-corrected chi connectivity index (χ1v) is 6.90. The third-order valence-corrected chi connectivity index (χ3v) is 2.98. The van der Waals surface area contributed by atoms with Gasteiger partial charge in [-0.15, -0.1) is 0 Å². The molecule has 0 saturated heterocycles. The highest BCUT2D eigenvalue weighted by Gasteiger charge is 1.95. The van der Waals surface area contributed by atoms with Gasteiger partial charge >= 0.3 is 0 Å². The molecule has 0 radical (unpaired) electrons. The molecule has 1 nitrogen and oxygen atoms in total. The molecule has 0 amide bonds. The lowest BCUT2D eigenvalue weighted by molar-refractivity contribution is 0.654. The molecular weight excluding hydrogens is 194 g/mol. The normalized spacial score (nSPS) is 11.4. The van der Waals surface area contributed by atoms with E-state index in [1.807, 2.05) is 0 Å². The van der Waals surface area contributed by atoms with Crippen molar-refractivity contribution in [2.45, 2.75) is 78.1 Å². The van der Waals surface area contributed by atoms with Gasteiger partial charge in [0.2, 0.25) is 0 Å². The van der Waals surface area contributed by atoms with Gasteiger partial charge in [-0.1, -0.05) is 44.8 Å². The van der Waals surface area contributed by atoms with E-state index in [2.05, 4.69) is 26.0 Å². The van der Waals surface area contributed by atoms with E-state index in [9.17, 15) is 0 Å². The first-order chi connectivity index (χ1) is 7.85. The van der Waals surface area contributed by atoms with Gasteiger partial charge in [0.05, 0.1) is 6.07 Å². The Labute approximate surface area is 102 Å². The number of rotatable bonds is 10. The molecular formula is C15H27N. The molecule has 0 N–H and O–H groups in total. The molecule has 1 heteroatoms. The van der Waals surface area contributed by atoms with E-state index in [1.165, 1.54) is 51.4 Å². The second-order valence-corrected chi connectivity index (χ2v) is 4.43. The minimum Gasteiger partial charge on any atom is -0.198 e. The van der Waals surface area contributed by atoms with Crippen molar-refractivity contribution in [3.8, 4) is 6.07 Å². The Hall–Kier alpha value is -0.770. The van der Waals surface area contributed by atoms with Crippen molar-refractivity contribution in [2.75, 3.05) is 0 Å². The number of nitrogens with zero attached hydrogens (tertiary/aromatic N) is 1. The maximum Gasteiger partial charge on any atom is 0.0621 e. The van der Waals surface area contributed by atoms with Crippen molar-refractivity contribution < 1.29 is 0 Å².